The molecule has 5 nitrogen and oxygen atoms in total. The molecule has 0 amide bonds. The third-order valence-corrected chi connectivity index (χ3v) is 4.11. The Bertz CT molecular complexity index is 509. The van der Waals surface area contributed by atoms with E-state index in [1.165, 1.54) is 31.7 Å². The summed E-state index contributed by atoms with van der Waals surface area (Å²) in [6, 6.07) is 6.38. The predicted molar refractivity (Wildman–Crippen MR) is 78.8 cm³/mol. The molecule has 0 saturated heterocycles. The molecule has 1 aliphatic carbocycles. The van der Waals surface area contributed by atoms with E-state index in [9.17, 15) is 14.9 Å². The molecule has 0 heterocycles. The summed E-state index contributed by atoms with van der Waals surface area (Å²) in [7, 11) is 0. The molecule has 0 radical (unpaired) electrons. The zero-order valence-corrected chi connectivity index (χ0v) is 12.3. The lowest BCUT2D eigenvalue weighted by Crippen LogP contribution is -2.11. The minimum Gasteiger partial charge on any atom is -0.458 e. The topological polar surface area (TPSA) is 69.4 Å². The van der Waals surface area contributed by atoms with Crippen LogP contribution in [0.3, 0.4) is 0 Å². The van der Waals surface area contributed by atoms with Gasteiger partial charge in [0.05, 0.1) is 10.5 Å². The van der Waals surface area contributed by atoms with E-state index in [-0.39, 0.29) is 11.7 Å². The summed E-state index contributed by atoms with van der Waals surface area (Å²) < 4.78 is 5.34. The van der Waals surface area contributed by atoms with Gasteiger partial charge in [0.15, 0.2) is 0 Å². The molecule has 0 aromatic heterocycles. The van der Waals surface area contributed by atoms with Crippen LogP contribution in [-0.4, -0.2) is 10.9 Å². The van der Waals surface area contributed by atoms with Crippen LogP contribution in [0.5, 0.6) is 0 Å². The third kappa shape index (κ3) is 4.28. The third-order valence-electron chi connectivity index (χ3n) is 4.11. The number of carbonyl (C=O) groups excluding carboxylic acids is 1. The Kier molecular flexibility index (Phi) is 5.31. The molecule has 1 fully saturated rings. The number of esters is 1. The van der Waals surface area contributed by atoms with Gasteiger partial charge in [0, 0.05) is 12.5 Å². The number of benzene rings is 1. The molecule has 1 atom stereocenters. The van der Waals surface area contributed by atoms with Crippen molar-refractivity contribution in [3.8, 4) is 0 Å². The number of nitro benzene ring substituents is 1. The molecular weight excluding hydrogens is 270 g/mol. The largest absolute Gasteiger partial charge is 0.458 e. The number of rotatable bonds is 6. The molecule has 114 valence electrons. The second-order valence-corrected chi connectivity index (χ2v) is 5.64. The highest BCUT2D eigenvalue weighted by Gasteiger charge is 2.22. The minimum absolute atomic E-state index is 0.00593. The van der Waals surface area contributed by atoms with Gasteiger partial charge in [-0.25, -0.2) is 0 Å². The highest BCUT2D eigenvalue weighted by Crippen LogP contribution is 2.30. The molecule has 0 aliphatic heterocycles. The zero-order chi connectivity index (χ0) is 15.2. The molecule has 1 saturated carbocycles. The quantitative estimate of drug-likeness (QED) is 0.448. The van der Waals surface area contributed by atoms with E-state index >= 15 is 0 Å². The van der Waals surface area contributed by atoms with Gasteiger partial charge in [0.25, 0.3) is 5.69 Å². The summed E-state index contributed by atoms with van der Waals surface area (Å²) in [6.45, 7) is 1.68. The molecule has 1 aromatic carbocycles. The Morgan fingerprint density at radius 2 is 2.05 bits per heavy atom. The summed E-state index contributed by atoms with van der Waals surface area (Å²) in [5.74, 6) is 0.367. The SMILES string of the molecule is CC(OC(=O)CCC1CCCC1)c1ccccc1[N+](=O)[O-]. The van der Waals surface area contributed by atoms with Crippen molar-refractivity contribution >= 4 is 11.7 Å². The Balaban J connectivity index is 1.89. The zero-order valence-electron chi connectivity index (χ0n) is 12.3. The Morgan fingerprint density at radius 3 is 2.71 bits per heavy atom. The van der Waals surface area contributed by atoms with Gasteiger partial charge in [-0.15, -0.1) is 0 Å². The van der Waals surface area contributed by atoms with Crippen LogP contribution >= 0.6 is 0 Å². The molecule has 2 rings (SSSR count). The standard InChI is InChI=1S/C16H21NO4/c1-12(14-8-4-5-9-15(14)17(19)20)21-16(18)11-10-13-6-2-3-7-13/h4-5,8-9,12-13H,2-3,6-7,10-11H2,1H3. The van der Waals surface area contributed by atoms with Crippen molar-refractivity contribution in [2.24, 2.45) is 5.92 Å². The lowest BCUT2D eigenvalue weighted by atomic mass is 10.0. The number of nitrogens with zero attached hydrogens (tertiary/aromatic N) is 1. The van der Waals surface area contributed by atoms with Gasteiger partial charge in [-0.3, -0.25) is 14.9 Å². The number of carbonyl (C=O) groups is 1. The number of ether oxygens (including phenoxy) is 1. The lowest BCUT2D eigenvalue weighted by molar-refractivity contribution is -0.386. The van der Waals surface area contributed by atoms with E-state index in [1.807, 2.05) is 0 Å². The number of nitro groups is 1. The fraction of sp³-hybridized carbons (Fsp3) is 0.562. The van der Waals surface area contributed by atoms with Crippen molar-refractivity contribution < 1.29 is 14.5 Å². The van der Waals surface area contributed by atoms with Crippen molar-refractivity contribution in [1.82, 2.24) is 0 Å². The molecule has 0 bridgehead atoms. The van der Waals surface area contributed by atoms with Crippen LogP contribution in [0.25, 0.3) is 0 Å². The first kappa shape index (κ1) is 15.5. The minimum atomic E-state index is -0.595. The summed E-state index contributed by atoms with van der Waals surface area (Å²) in [5.41, 5.74) is 0.435. The van der Waals surface area contributed by atoms with Crippen LogP contribution in [0, 0.1) is 16.0 Å². The molecule has 1 aliphatic rings. The average molecular weight is 291 g/mol. The molecule has 0 spiro atoms. The van der Waals surface area contributed by atoms with E-state index in [1.54, 1.807) is 25.1 Å². The normalized spacial score (nSPS) is 16.6. The van der Waals surface area contributed by atoms with Gasteiger partial charge in [-0.05, 0) is 25.3 Å². The number of hydrogen-bond acceptors (Lipinski definition) is 4. The number of hydrogen-bond donors (Lipinski definition) is 0. The first-order chi connectivity index (χ1) is 10.1. The number of para-hydroxylation sites is 1. The maximum absolute atomic E-state index is 11.9. The van der Waals surface area contributed by atoms with E-state index in [0.29, 0.717) is 17.9 Å². The second-order valence-electron chi connectivity index (χ2n) is 5.64. The Hall–Kier alpha value is -1.91. The van der Waals surface area contributed by atoms with Gasteiger partial charge < -0.3 is 4.74 Å². The molecule has 1 unspecified atom stereocenters. The van der Waals surface area contributed by atoms with Gasteiger partial charge in [0.1, 0.15) is 6.10 Å². The molecule has 5 heteroatoms. The predicted octanol–water partition coefficient (Wildman–Crippen LogP) is 4.17. The van der Waals surface area contributed by atoms with Gasteiger partial charge in [0.2, 0.25) is 0 Å². The summed E-state index contributed by atoms with van der Waals surface area (Å²) in [6.07, 6.45) is 5.58. The Morgan fingerprint density at radius 1 is 1.38 bits per heavy atom. The maximum Gasteiger partial charge on any atom is 0.306 e. The van der Waals surface area contributed by atoms with Crippen molar-refractivity contribution in [2.45, 2.75) is 51.6 Å². The Labute approximate surface area is 124 Å². The molecule has 0 N–H and O–H groups in total. The van der Waals surface area contributed by atoms with Crippen molar-refractivity contribution in [3.63, 3.8) is 0 Å². The highest BCUT2D eigenvalue weighted by molar-refractivity contribution is 5.69. The summed E-state index contributed by atoms with van der Waals surface area (Å²) in [5, 5.41) is 11.0. The fourth-order valence-electron chi connectivity index (χ4n) is 2.94. The van der Waals surface area contributed by atoms with E-state index in [0.717, 1.165) is 6.42 Å². The average Bonchev–Trinajstić information content (AvgIpc) is 2.98. The van der Waals surface area contributed by atoms with Crippen LogP contribution in [0.15, 0.2) is 24.3 Å². The monoisotopic (exact) mass is 291 g/mol. The van der Waals surface area contributed by atoms with E-state index < -0.39 is 11.0 Å². The summed E-state index contributed by atoms with van der Waals surface area (Å²) >= 11 is 0. The van der Waals surface area contributed by atoms with Crippen molar-refractivity contribution in [3.05, 3.63) is 39.9 Å². The van der Waals surface area contributed by atoms with Crippen LogP contribution in [0.1, 0.15) is 57.1 Å². The van der Waals surface area contributed by atoms with Crippen LogP contribution < -0.4 is 0 Å². The van der Waals surface area contributed by atoms with Gasteiger partial charge in [-0.1, -0.05) is 37.8 Å². The lowest BCUT2D eigenvalue weighted by Gasteiger charge is -2.14. The summed E-state index contributed by atoms with van der Waals surface area (Å²) in [4.78, 5) is 22.4. The van der Waals surface area contributed by atoms with Crippen molar-refractivity contribution in [2.75, 3.05) is 0 Å². The molecule has 21 heavy (non-hydrogen) atoms. The van der Waals surface area contributed by atoms with Crippen LogP contribution in [-0.2, 0) is 9.53 Å². The van der Waals surface area contributed by atoms with Gasteiger partial charge >= 0.3 is 5.97 Å². The highest BCUT2D eigenvalue weighted by atomic mass is 16.6. The van der Waals surface area contributed by atoms with E-state index in [4.69, 9.17) is 4.74 Å². The van der Waals surface area contributed by atoms with Crippen molar-refractivity contribution in [1.29, 1.82) is 0 Å². The van der Waals surface area contributed by atoms with Crippen LogP contribution in [0.4, 0.5) is 5.69 Å². The maximum atomic E-state index is 11.9. The smallest absolute Gasteiger partial charge is 0.306 e. The second kappa shape index (κ2) is 7.20. The van der Waals surface area contributed by atoms with Gasteiger partial charge in [-0.2, -0.15) is 0 Å². The van der Waals surface area contributed by atoms with E-state index in [2.05, 4.69) is 0 Å². The first-order valence-corrected chi connectivity index (χ1v) is 7.50. The fourth-order valence-corrected chi connectivity index (χ4v) is 2.94. The first-order valence-electron chi connectivity index (χ1n) is 7.50. The molecule has 1 aromatic rings. The molecular formula is C16H21NO4. The van der Waals surface area contributed by atoms with Crippen LogP contribution in [0.2, 0.25) is 0 Å².